The molecule has 90 valence electrons. The van der Waals surface area contributed by atoms with E-state index in [1.165, 1.54) is 0 Å². The highest BCUT2D eigenvalue weighted by atomic mass is 16.3. The lowest BCUT2D eigenvalue weighted by Gasteiger charge is -2.39. The second kappa shape index (κ2) is 3.44. The number of nitrogens with zero attached hydrogens (tertiary/aromatic N) is 1. The third-order valence-corrected chi connectivity index (χ3v) is 4.52. The van der Waals surface area contributed by atoms with E-state index in [0.29, 0.717) is 6.42 Å². The Morgan fingerprint density at radius 1 is 1.38 bits per heavy atom. The number of carbonyl (C=O) groups is 1. The van der Waals surface area contributed by atoms with Crippen molar-refractivity contribution in [3.05, 3.63) is 0 Å². The van der Waals surface area contributed by atoms with Crippen LogP contribution in [0.3, 0.4) is 0 Å². The fraction of sp³-hybridized carbons (Fsp3) is 0.917. The van der Waals surface area contributed by atoms with Gasteiger partial charge in [-0.15, -0.1) is 0 Å². The molecule has 1 unspecified atom stereocenters. The zero-order valence-corrected chi connectivity index (χ0v) is 9.67. The molecule has 0 radical (unpaired) electrons. The Bertz CT molecular complexity index is 314. The van der Waals surface area contributed by atoms with Crippen LogP contribution in [-0.4, -0.2) is 47.7 Å². The number of β-amino-alcohol motifs (C(OH)–C–C–N with tert-alkyl or cyclic N) is 1. The van der Waals surface area contributed by atoms with Gasteiger partial charge in [-0.2, -0.15) is 0 Å². The molecule has 1 saturated carbocycles. The van der Waals surface area contributed by atoms with Crippen molar-refractivity contribution < 1.29 is 9.90 Å². The predicted molar refractivity (Wildman–Crippen MR) is 59.9 cm³/mol. The maximum absolute atomic E-state index is 11.3. The molecule has 2 saturated heterocycles. The smallest absolute Gasteiger partial charge is 0.220 e. The minimum atomic E-state index is -0.415. The van der Waals surface area contributed by atoms with Gasteiger partial charge < -0.3 is 10.4 Å². The lowest BCUT2D eigenvalue weighted by molar-refractivity contribution is -0.119. The number of aliphatic hydroxyl groups is 1. The first-order valence-corrected chi connectivity index (χ1v) is 6.31. The van der Waals surface area contributed by atoms with Crippen LogP contribution in [0.15, 0.2) is 0 Å². The molecule has 2 heterocycles. The standard InChI is InChI=1S/C12H20N2O2/c15-10-6-11(7-13-10)4-5-14(8-11)9-12(16)2-1-3-12/h16H,1-9H2,(H,13,15). The molecule has 3 rings (SSSR count). The molecule has 0 aromatic rings. The summed E-state index contributed by atoms with van der Waals surface area (Å²) < 4.78 is 0. The number of likely N-dealkylation sites (tertiary alicyclic amines) is 1. The average molecular weight is 224 g/mol. The minimum absolute atomic E-state index is 0.178. The Hall–Kier alpha value is -0.610. The van der Waals surface area contributed by atoms with Crippen molar-refractivity contribution in [1.29, 1.82) is 0 Å². The predicted octanol–water partition coefficient (Wildman–Crippen LogP) is 0.113. The quantitative estimate of drug-likeness (QED) is 0.700. The highest BCUT2D eigenvalue weighted by molar-refractivity contribution is 5.79. The topological polar surface area (TPSA) is 52.6 Å². The summed E-state index contributed by atoms with van der Waals surface area (Å²) in [6, 6.07) is 0. The van der Waals surface area contributed by atoms with Gasteiger partial charge >= 0.3 is 0 Å². The normalized spacial score (nSPS) is 37.7. The van der Waals surface area contributed by atoms with Crippen molar-refractivity contribution in [2.75, 3.05) is 26.2 Å². The third-order valence-electron chi connectivity index (χ3n) is 4.52. The van der Waals surface area contributed by atoms with Crippen LogP contribution in [0.25, 0.3) is 0 Å². The summed E-state index contributed by atoms with van der Waals surface area (Å²) in [6.07, 6.45) is 4.85. The van der Waals surface area contributed by atoms with Crippen LogP contribution in [0.4, 0.5) is 0 Å². The van der Waals surface area contributed by atoms with E-state index in [0.717, 1.165) is 51.9 Å². The first kappa shape index (κ1) is 10.5. The monoisotopic (exact) mass is 224 g/mol. The highest BCUT2D eigenvalue weighted by Gasteiger charge is 2.46. The fourth-order valence-corrected chi connectivity index (χ4v) is 3.36. The maximum atomic E-state index is 11.3. The first-order chi connectivity index (χ1) is 7.59. The van der Waals surface area contributed by atoms with Gasteiger partial charge in [0.05, 0.1) is 5.60 Å². The number of amides is 1. The van der Waals surface area contributed by atoms with Gasteiger partial charge in [0, 0.05) is 31.5 Å². The third kappa shape index (κ3) is 1.74. The largest absolute Gasteiger partial charge is 0.389 e. The van der Waals surface area contributed by atoms with Gasteiger partial charge in [-0.3, -0.25) is 9.69 Å². The van der Waals surface area contributed by atoms with Gasteiger partial charge in [0.25, 0.3) is 0 Å². The summed E-state index contributed by atoms with van der Waals surface area (Å²) >= 11 is 0. The van der Waals surface area contributed by atoms with Gasteiger partial charge in [-0.25, -0.2) is 0 Å². The summed E-state index contributed by atoms with van der Waals surface area (Å²) in [5, 5.41) is 13.1. The molecular weight excluding hydrogens is 204 g/mol. The van der Waals surface area contributed by atoms with Crippen LogP contribution in [0, 0.1) is 5.41 Å². The van der Waals surface area contributed by atoms with Crippen LogP contribution in [0.5, 0.6) is 0 Å². The van der Waals surface area contributed by atoms with Crippen molar-refractivity contribution in [3.8, 4) is 0 Å². The summed E-state index contributed by atoms with van der Waals surface area (Å²) in [4.78, 5) is 13.6. The Kier molecular flexibility index (Phi) is 2.27. The van der Waals surface area contributed by atoms with Gasteiger partial charge in [0.15, 0.2) is 0 Å². The number of carbonyl (C=O) groups excluding carboxylic acids is 1. The molecule has 0 aromatic heterocycles. The molecule has 1 spiro atoms. The molecule has 1 amide bonds. The highest BCUT2D eigenvalue weighted by Crippen LogP contribution is 2.39. The molecule has 1 aliphatic carbocycles. The molecule has 0 bridgehead atoms. The van der Waals surface area contributed by atoms with Crippen molar-refractivity contribution in [2.45, 2.75) is 37.7 Å². The molecule has 0 aromatic carbocycles. The molecule has 2 aliphatic heterocycles. The van der Waals surface area contributed by atoms with Crippen LogP contribution in [0.1, 0.15) is 32.1 Å². The summed E-state index contributed by atoms with van der Waals surface area (Å²) in [6.45, 7) is 3.66. The van der Waals surface area contributed by atoms with E-state index in [2.05, 4.69) is 10.2 Å². The lowest BCUT2D eigenvalue weighted by atomic mass is 9.80. The van der Waals surface area contributed by atoms with E-state index in [1.54, 1.807) is 0 Å². The van der Waals surface area contributed by atoms with Crippen molar-refractivity contribution in [2.24, 2.45) is 5.41 Å². The zero-order valence-electron chi connectivity index (χ0n) is 9.67. The van der Waals surface area contributed by atoms with Crippen LogP contribution >= 0.6 is 0 Å². The van der Waals surface area contributed by atoms with Crippen molar-refractivity contribution in [1.82, 2.24) is 10.2 Å². The van der Waals surface area contributed by atoms with E-state index in [1.807, 2.05) is 0 Å². The van der Waals surface area contributed by atoms with Gasteiger partial charge in [-0.1, -0.05) is 0 Å². The van der Waals surface area contributed by atoms with Crippen molar-refractivity contribution >= 4 is 5.91 Å². The van der Waals surface area contributed by atoms with E-state index >= 15 is 0 Å². The summed E-state index contributed by atoms with van der Waals surface area (Å²) in [5.74, 6) is 0.198. The molecule has 4 nitrogen and oxygen atoms in total. The van der Waals surface area contributed by atoms with Crippen molar-refractivity contribution in [3.63, 3.8) is 0 Å². The summed E-state index contributed by atoms with van der Waals surface area (Å²) in [5.41, 5.74) is -0.237. The number of nitrogens with one attached hydrogen (secondary N) is 1. The Labute approximate surface area is 96.0 Å². The Morgan fingerprint density at radius 2 is 2.19 bits per heavy atom. The zero-order chi connectivity index (χ0) is 11.2. The Morgan fingerprint density at radius 3 is 2.75 bits per heavy atom. The SMILES string of the molecule is O=C1CC2(CCN(CC3(O)CCC3)C2)CN1. The minimum Gasteiger partial charge on any atom is -0.389 e. The van der Waals surface area contributed by atoms with Crippen LogP contribution in [0.2, 0.25) is 0 Å². The second-order valence-electron chi connectivity index (χ2n) is 5.99. The average Bonchev–Trinajstić information content (AvgIpc) is 2.73. The number of hydrogen-bond acceptors (Lipinski definition) is 3. The lowest BCUT2D eigenvalue weighted by Crippen LogP contribution is -2.47. The second-order valence-corrected chi connectivity index (χ2v) is 5.99. The fourth-order valence-electron chi connectivity index (χ4n) is 3.36. The molecule has 4 heteroatoms. The molecule has 3 aliphatic rings. The Balaban J connectivity index is 1.58. The number of hydrogen-bond donors (Lipinski definition) is 2. The van der Waals surface area contributed by atoms with E-state index < -0.39 is 5.60 Å². The molecular formula is C12H20N2O2. The van der Waals surface area contributed by atoms with E-state index in [-0.39, 0.29) is 11.3 Å². The van der Waals surface area contributed by atoms with Crippen LogP contribution < -0.4 is 5.32 Å². The van der Waals surface area contributed by atoms with Gasteiger partial charge in [-0.05, 0) is 32.2 Å². The first-order valence-electron chi connectivity index (χ1n) is 6.31. The molecule has 1 atom stereocenters. The number of rotatable bonds is 2. The van der Waals surface area contributed by atoms with Gasteiger partial charge in [0.1, 0.15) is 0 Å². The molecule has 2 N–H and O–H groups in total. The van der Waals surface area contributed by atoms with Gasteiger partial charge in [0.2, 0.25) is 5.91 Å². The van der Waals surface area contributed by atoms with E-state index in [9.17, 15) is 9.90 Å². The molecule has 3 fully saturated rings. The molecule has 16 heavy (non-hydrogen) atoms. The van der Waals surface area contributed by atoms with Crippen LogP contribution in [-0.2, 0) is 4.79 Å². The maximum Gasteiger partial charge on any atom is 0.220 e. The van der Waals surface area contributed by atoms with E-state index in [4.69, 9.17) is 0 Å². The summed E-state index contributed by atoms with van der Waals surface area (Å²) in [7, 11) is 0.